The number of nitrogens with one attached hydrogen (secondary N) is 1. The first-order valence-electron chi connectivity index (χ1n) is 4.83. The van der Waals surface area contributed by atoms with Gasteiger partial charge in [-0.25, -0.2) is 4.39 Å². The van der Waals surface area contributed by atoms with Gasteiger partial charge in [0.2, 0.25) is 0 Å². The Kier molecular flexibility index (Phi) is 3.73. The average molecular weight is 363 g/mol. The molecule has 2 aromatic rings. The lowest BCUT2D eigenvalue weighted by molar-refractivity contribution is 0.627. The van der Waals surface area contributed by atoms with E-state index in [4.69, 9.17) is 17.3 Å². The number of benzene rings is 2. The summed E-state index contributed by atoms with van der Waals surface area (Å²) in [5, 5.41) is 3.72. The molecule has 2 rings (SSSR count). The maximum Gasteiger partial charge on any atom is 0.124 e. The van der Waals surface area contributed by atoms with Crippen LogP contribution in [0.3, 0.4) is 0 Å². The Morgan fingerprint density at radius 1 is 1.12 bits per heavy atom. The van der Waals surface area contributed by atoms with E-state index >= 15 is 0 Å². The van der Waals surface area contributed by atoms with Crippen molar-refractivity contribution in [2.45, 2.75) is 0 Å². The van der Waals surface area contributed by atoms with Crippen molar-refractivity contribution in [3.8, 4) is 0 Å². The molecule has 0 spiro atoms. The number of halogens is 3. The van der Waals surface area contributed by atoms with Crippen LogP contribution in [0.2, 0.25) is 5.02 Å². The van der Waals surface area contributed by atoms with Crippen molar-refractivity contribution in [3.63, 3.8) is 0 Å². The van der Waals surface area contributed by atoms with E-state index in [1.54, 1.807) is 24.3 Å². The molecule has 17 heavy (non-hydrogen) atoms. The summed E-state index contributed by atoms with van der Waals surface area (Å²) >= 11 is 7.87. The first kappa shape index (κ1) is 12.4. The van der Waals surface area contributed by atoms with Crippen LogP contribution in [0, 0.1) is 9.39 Å². The molecule has 5 heteroatoms. The van der Waals surface area contributed by atoms with Gasteiger partial charge in [0.25, 0.3) is 0 Å². The zero-order valence-electron chi connectivity index (χ0n) is 8.68. The summed E-state index contributed by atoms with van der Waals surface area (Å²) < 4.78 is 13.7. The normalized spacial score (nSPS) is 10.3. The Balaban J connectivity index is 2.31. The number of rotatable bonds is 2. The van der Waals surface area contributed by atoms with Gasteiger partial charge in [-0.05, 0) is 59.0 Å². The molecule has 0 saturated heterocycles. The molecule has 88 valence electrons. The second kappa shape index (κ2) is 5.10. The van der Waals surface area contributed by atoms with Crippen LogP contribution in [0.5, 0.6) is 0 Å². The summed E-state index contributed by atoms with van der Waals surface area (Å²) in [5.74, 6) is -0.260. The summed E-state index contributed by atoms with van der Waals surface area (Å²) in [5.41, 5.74) is 7.93. The monoisotopic (exact) mass is 362 g/mol. The zero-order valence-corrected chi connectivity index (χ0v) is 11.6. The third kappa shape index (κ3) is 3.01. The van der Waals surface area contributed by atoms with Gasteiger partial charge < -0.3 is 11.1 Å². The van der Waals surface area contributed by atoms with Crippen LogP contribution >= 0.6 is 34.2 Å². The molecule has 0 aliphatic rings. The van der Waals surface area contributed by atoms with Crippen LogP contribution in [0.25, 0.3) is 0 Å². The molecule has 0 bridgehead atoms. The van der Waals surface area contributed by atoms with Crippen LogP contribution in [0.4, 0.5) is 21.5 Å². The lowest BCUT2D eigenvalue weighted by Gasteiger charge is -2.11. The van der Waals surface area contributed by atoms with E-state index in [1.165, 1.54) is 12.1 Å². The topological polar surface area (TPSA) is 38.0 Å². The molecule has 0 amide bonds. The Morgan fingerprint density at radius 2 is 1.82 bits per heavy atom. The third-order valence-electron chi connectivity index (χ3n) is 2.21. The molecular formula is C12H9ClFIN2. The highest BCUT2D eigenvalue weighted by atomic mass is 127. The summed E-state index contributed by atoms with van der Waals surface area (Å²) in [4.78, 5) is 0. The molecule has 3 N–H and O–H groups in total. The Bertz CT molecular complexity index is 511. The number of anilines is 3. The molecule has 2 aromatic carbocycles. The van der Waals surface area contributed by atoms with Gasteiger partial charge in [0.1, 0.15) is 5.82 Å². The lowest BCUT2D eigenvalue weighted by Crippen LogP contribution is -1.98. The van der Waals surface area contributed by atoms with Gasteiger partial charge in [0, 0.05) is 8.59 Å². The van der Waals surface area contributed by atoms with Crippen molar-refractivity contribution in [2.75, 3.05) is 11.1 Å². The minimum atomic E-state index is -0.260. The first-order chi connectivity index (χ1) is 8.06. The van der Waals surface area contributed by atoms with Gasteiger partial charge in [-0.3, -0.25) is 0 Å². The predicted molar refractivity (Wildman–Crippen MR) is 78.3 cm³/mol. The summed E-state index contributed by atoms with van der Waals surface area (Å²) in [6.07, 6.45) is 0. The molecule has 2 nitrogen and oxygen atoms in total. The largest absolute Gasteiger partial charge is 0.397 e. The van der Waals surface area contributed by atoms with Crippen LogP contribution in [-0.2, 0) is 0 Å². The lowest BCUT2D eigenvalue weighted by atomic mass is 10.2. The van der Waals surface area contributed by atoms with Gasteiger partial charge in [-0.1, -0.05) is 11.6 Å². The Morgan fingerprint density at radius 3 is 2.47 bits per heavy atom. The quantitative estimate of drug-likeness (QED) is 0.613. The predicted octanol–water partition coefficient (Wildman–Crippen LogP) is 4.41. The molecule has 0 unspecified atom stereocenters. The van der Waals surface area contributed by atoms with Crippen molar-refractivity contribution in [3.05, 3.63) is 50.8 Å². The fourth-order valence-corrected chi connectivity index (χ4v) is 2.18. The smallest absolute Gasteiger partial charge is 0.124 e. The molecule has 0 aromatic heterocycles. The Hall–Kier alpha value is -1.01. The Labute approximate surface area is 117 Å². The van der Waals surface area contributed by atoms with E-state index in [2.05, 4.69) is 27.9 Å². The first-order valence-corrected chi connectivity index (χ1v) is 6.29. The maximum atomic E-state index is 12.9. The van der Waals surface area contributed by atoms with E-state index in [-0.39, 0.29) is 5.82 Å². The molecule has 0 heterocycles. The van der Waals surface area contributed by atoms with E-state index in [0.717, 1.165) is 14.9 Å². The van der Waals surface area contributed by atoms with Crippen molar-refractivity contribution in [1.82, 2.24) is 0 Å². The summed E-state index contributed by atoms with van der Waals surface area (Å²) in [6, 6.07) is 9.73. The molecule has 0 radical (unpaired) electrons. The molecule has 0 aliphatic carbocycles. The number of nitrogen functional groups attached to an aromatic ring is 1. The second-order valence-electron chi connectivity index (χ2n) is 3.48. The number of hydrogen-bond acceptors (Lipinski definition) is 2. The maximum absolute atomic E-state index is 12.9. The van der Waals surface area contributed by atoms with Crippen LogP contribution in [0.15, 0.2) is 36.4 Å². The van der Waals surface area contributed by atoms with E-state index in [9.17, 15) is 4.39 Å². The van der Waals surface area contributed by atoms with Gasteiger partial charge in [-0.15, -0.1) is 0 Å². The van der Waals surface area contributed by atoms with Gasteiger partial charge in [0.15, 0.2) is 0 Å². The summed E-state index contributed by atoms with van der Waals surface area (Å²) in [6.45, 7) is 0. The van der Waals surface area contributed by atoms with Crippen LogP contribution in [0.1, 0.15) is 0 Å². The van der Waals surface area contributed by atoms with E-state index in [0.29, 0.717) is 10.7 Å². The van der Waals surface area contributed by atoms with Crippen LogP contribution < -0.4 is 11.1 Å². The number of hydrogen-bond donors (Lipinski definition) is 2. The van der Waals surface area contributed by atoms with Gasteiger partial charge in [-0.2, -0.15) is 0 Å². The standard InChI is InChI=1S/C12H9ClFIN2/c13-7-1-3-12(10(16)5-7)17-11-4-2-8(14)6-9(11)15/h1-6,17H,16H2. The van der Waals surface area contributed by atoms with Gasteiger partial charge in [0.05, 0.1) is 17.1 Å². The second-order valence-corrected chi connectivity index (χ2v) is 5.08. The highest BCUT2D eigenvalue weighted by molar-refractivity contribution is 14.1. The van der Waals surface area contributed by atoms with Crippen molar-refractivity contribution >= 4 is 51.3 Å². The zero-order chi connectivity index (χ0) is 12.4. The number of nitrogens with two attached hydrogens (primary N) is 1. The average Bonchev–Trinajstić information content (AvgIpc) is 2.25. The molecule has 0 atom stereocenters. The highest BCUT2D eigenvalue weighted by Gasteiger charge is 2.04. The van der Waals surface area contributed by atoms with Crippen molar-refractivity contribution in [2.24, 2.45) is 0 Å². The van der Waals surface area contributed by atoms with E-state index in [1.807, 2.05) is 0 Å². The fourth-order valence-electron chi connectivity index (χ4n) is 1.38. The summed E-state index contributed by atoms with van der Waals surface area (Å²) in [7, 11) is 0. The van der Waals surface area contributed by atoms with Gasteiger partial charge >= 0.3 is 0 Å². The van der Waals surface area contributed by atoms with Crippen molar-refractivity contribution in [1.29, 1.82) is 0 Å². The third-order valence-corrected chi connectivity index (χ3v) is 3.34. The SMILES string of the molecule is Nc1cc(Cl)ccc1Nc1ccc(F)cc1I. The van der Waals surface area contributed by atoms with E-state index < -0.39 is 0 Å². The minimum absolute atomic E-state index is 0.260. The van der Waals surface area contributed by atoms with Crippen molar-refractivity contribution < 1.29 is 4.39 Å². The molecule has 0 saturated carbocycles. The van der Waals surface area contributed by atoms with Crippen LogP contribution in [-0.4, -0.2) is 0 Å². The molecule has 0 aliphatic heterocycles. The molecular weight excluding hydrogens is 354 g/mol. The fraction of sp³-hybridized carbons (Fsp3) is 0. The molecule has 0 fully saturated rings. The highest BCUT2D eigenvalue weighted by Crippen LogP contribution is 2.28. The minimum Gasteiger partial charge on any atom is -0.397 e.